The predicted molar refractivity (Wildman–Crippen MR) is 95.2 cm³/mol. The number of nitrogens with zero attached hydrogens (tertiary/aromatic N) is 3. The van der Waals surface area contributed by atoms with Crippen molar-refractivity contribution < 1.29 is 22.7 Å². The number of hydrogen-bond acceptors (Lipinski definition) is 6. The van der Waals surface area contributed by atoms with E-state index in [2.05, 4.69) is 4.98 Å². The van der Waals surface area contributed by atoms with Gasteiger partial charge < -0.3 is 14.4 Å². The fraction of sp³-hybridized carbons (Fsp3) is 0.333. The molecule has 0 spiro atoms. The molecule has 27 heavy (non-hydrogen) atoms. The number of hydrogen-bond donors (Lipinski definition) is 0. The van der Waals surface area contributed by atoms with Gasteiger partial charge in [-0.1, -0.05) is 0 Å². The van der Waals surface area contributed by atoms with Gasteiger partial charge in [-0.25, -0.2) is 8.42 Å². The molecule has 9 heteroatoms. The smallest absolute Gasteiger partial charge is 0.243 e. The van der Waals surface area contributed by atoms with E-state index in [0.29, 0.717) is 11.5 Å². The second-order valence-electron chi connectivity index (χ2n) is 6.88. The molecule has 0 unspecified atom stereocenters. The summed E-state index contributed by atoms with van der Waals surface area (Å²) in [6, 6.07) is 6.37. The molecule has 5 rings (SSSR count). The summed E-state index contributed by atoms with van der Waals surface area (Å²) in [6.07, 6.45) is 3.37. The molecule has 2 atom stereocenters. The summed E-state index contributed by atoms with van der Waals surface area (Å²) >= 11 is 0. The highest BCUT2D eigenvalue weighted by molar-refractivity contribution is 7.89. The van der Waals surface area contributed by atoms with Crippen molar-refractivity contribution in [1.82, 2.24) is 9.29 Å². The number of anilines is 1. The monoisotopic (exact) mass is 387 g/mol. The number of benzene rings is 1. The fourth-order valence-corrected chi connectivity index (χ4v) is 5.58. The quantitative estimate of drug-likeness (QED) is 0.769. The molecule has 1 saturated heterocycles. The van der Waals surface area contributed by atoms with Crippen LogP contribution in [0.15, 0.2) is 41.6 Å². The topological polar surface area (TPSA) is 89.0 Å². The van der Waals surface area contributed by atoms with Crippen LogP contribution in [0.5, 0.6) is 11.5 Å². The Hall–Kier alpha value is -2.65. The zero-order valence-electron chi connectivity index (χ0n) is 14.5. The Morgan fingerprint density at radius 1 is 1.11 bits per heavy atom. The van der Waals surface area contributed by atoms with Crippen LogP contribution in [0.25, 0.3) is 0 Å². The third kappa shape index (κ3) is 2.35. The number of fused-ring (bicyclic) bond motifs is 4. The molecule has 1 aromatic heterocycles. The predicted octanol–water partition coefficient (Wildman–Crippen LogP) is 1.19. The molecule has 0 saturated carbocycles. The first-order valence-electron chi connectivity index (χ1n) is 8.58. The lowest BCUT2D eigenvalue weighted by molar-refractivity contribution is -0.122. The minimum Gasteiger partial charge on any atom is -0.454 e. The summed E-state index contributed by atoms with van der Waals surface area (Å²) in [6.45, 7) is 0.482. The lowest BCUT2D eigenvalue weighted by Crippen LogP contribution is -2.41. The van der Waals surface area contributed by atoms with Crippen molar-refractivity contribution in [2.45, 2.75) is 10.8 Å². The van der Waals surface area contributed by atoms with Crippen LogP contribution >= 0.6 is 0 Å². The lowest BCUT2D eigenvalue weighted by Gasteiger charge is -2.32. The van der Waals surface area contributed by atoms with Crippen LogP contribution < -0.4 is 14.4 Å². The third-order valence-corrected chi connectivity index (χ3v) is 7.33. The molecular formula is C18H17N3O5S. The van der Waals surface area contributed by atoms with Gasteiger partial charge in [0, 0.05) is 50.2 Å². The zero-order chi connectivity index (χ0) is 18.8. The molecule has 1 fully saturated rings. The number of ether oxygens (including phenoxy) is 2. The Balaban J connectivity index is 1.51. The van der Waals surface area contributed by atoms with Crippen molar-refractivity contribution in [2.75, 3.05) is 31.8 Å². The maximum absolute atomic E-state index is 13.2. The average molecular weight is 387 g/mol. The molecule has 4 heterocycles. The minimum atomic E-state index is -3.76. The van der Waals surface area contributed by atoms with E-state index in [0.717, 1.165) is 11.3 Å². The van der Waals surface area contributed by atoms with E-state index in [1.807, 2.05) is 0 Å². The third-order valence-electron chi connectivity index (χ3n) is 5.50. The van der Waals surface area contributed by atoms with Crippen molar-refractivity contribution in [3.05, 3.63) is 42.2 Å². The summed E-state index contributed by atoms with van der Waals surface area (Å²) in [5.41, 5.74) is 1.70. The maximum atomic E-state index is 13.2. The van der Waals surface area contributed by atoms with Crippen molar-refractivity contribution in [3.63, 3.8) is 0 Å². The summed E-state index contributed by atoms with van der Waals surface area (Å²) < 4.78 is 38.3. The van der Waals surface area contributed by atoms with Crippen LogP contribution in [0.4, 0.5) is 5.69 Å². The number of amides is 1. The number of carbonyl (C=O) groups excluding carboxylic acids is 1. The molecule has 0 aliphatic carbocycles. The van der Waals surface area contributed by atoms with Gasteiger partial charge in [0.2, 0.25) is 22.7 Å². The van der Waals surface area contributed by atoms with E-state index in [4.69, 9.17) is 9.47 Å². The molecule has 2 aromatic rings. The normalized spacial score (nSPS) is 24.0. The molecular weight excluding hydrogens is 370 g/mol. The standard InChI is InChI=1S/C18H17N3O5S/c1-20-15-4-5-19-7-12(15)13-8-21(9-14(13)18(20)22)27(23,24)11-2-3-16-17(6-11)26-10-25-16/h2-7,13-14H,8-10H2,1H3/t13-,14-/m0/s1. The molecule has 0 bridgehead atoms. The van der Waals surface area contributed by atoms with Crippen LogP contribution in [0, 0.1) is 5.92 Å². The minimum absolute atomic E-state index is 0.0675. The van der Waals surface area contributed by atoms with Gasteiger partial charge >= 0.3 is 0 Å². The first-order chi connectivity index (χ1) is 13.0. The largest absolute Gasteiger partial charge is 0.454 e. The maximum Gasteiger partial charge on any atom is 0.243 e. The van der Waals surface area contributed by atoms with Gasteiger partial charge in [-0.15, -0.1) is 0 Å². The average Bonchev–Trinajstić information content (AvgIpc) is 3.33. The van der Waals surface area contributed by atoms with Crippen molar-refractivity contribution in [2.24, 2.45) is 5.92 Å². The molecule has 3 aliphatic rings. The second-order valence-corrected chi connectivity index (χ2v) is 8.82. The zero-order valence-corrected chi connectivity index (χ0v) is 15.3. The molecule has 1 amide bonds. The van der Waals surface area contributed by atoms with Gasteiger partial charge in [-0.05, 0) is 23.8 Å². The SMILES string of the molecule is CN1C(=O)[C@H]2CN(S(=O)(=O)c3ccc4c(c3)OCO4)C[C@H]2c2cnccc21. The van der Waals surface area contributed by atoms with Crippen LogP contribution in [-0.2, 0) is 14.8 Å². The van der Waals surface area contributed by atoms with E-state index < -0.39 is 15.9 Å². The van der Waals surface area contributed by atoms with Crippen LogP contribution in [0.2, 0.25) is 0 Å². The van der Waals surface area contributed by atoms with E-state index in [1.165, 1.54) is 16.4 Å². The summed E-state index contributed by atoms with van der Waals surface area (Å²) in [7, 11) is -2.04. The highest BCUT2D eigenvalue weighted by atomic mass is 32.2. The fourth-order valence-electron chi connectivity index (χ4n) is 4.07. The van der Waals surface area contributed by atoms with Gasteiger partial charge in [0.15, 0.2) is 11.5 Å². The highest BCUT2D eigenvalue weighted by Gasteiger charge is 2.48. The van der Waals surface area contributed by atoms with Gasteiger partial charge in [-0.3, -0.25) is 9.78 Å². The molecule has 3 aliphatic heterocycles. The van der Waals surface area contributed by atoms with E-state index in [1.54, 1.807) is 36.5 Å². The van der Waals surface area contributed by atoms with Crippen molar-refractivity contribution >= 4 is 21.6 Å². The van der Waals surface area contributed by atoms with Crippen LogP contribution in [0.1, 0.15) is 11.5 Å². The Morgan fingerprint density at radius 2 is 1.89 bits per heavy atom. The first-order valence-corrected chi connectivity index (χ1v) is 10.0. The van der Waals surface area contributed by atoms with Gasteiger partial charge in [0.05, 0.1) is 10.8 Å². The molecule has 1 aromatic carbocycles. The van der Waals surface area contributed by atoms with E-state index >= 15 is 0 Å². The molecule has 0 N–H and O–H groups in total. The second kappa shape index (κ2) is 5.67. The number of rotatable bonds is 2. The lowest BCUT2D eigenvalue weighted by atomic mass is 9.84. The highest BCUT2D eigenvalue weighted by Crippen LogP contribution is 2.44. The Labute approximate surface area is 156 Å². The van der Waals surface area contributed by atoms with Gasteiger partial charge in [-0.2, -0.15) is 4.31 Å². The van der Waals surface area contributed by atoms with Crippen LogP contribution in [-0.4, -0.2) is 50.5 Å². The Morgan fingerprint density at radius 3 is 2.74 bits per heavy atom. The Kier molecular flexibility index (Phi) is 3.47. The van der Waals surface area contributed by atoms with E-state index in [9.17, 15) is 13.2 Å². The molecule has 8 nitrogen and oxygen atoms in total. The van der Waals surface area contributed by atoms with E-state index in [-0.39, 0.29) is 36.6 Å². The van der Waals surface area contributed by atoms with Crippen molar-refractivity contribution in [3.8, 4) is 11.5 Å². The summed E-state index contributed by atoms with van der Waals surface area (Å²) in [5, 5.41) is 0. The number of pyridine rings is 1. The first kappa shape index (κ1) is 16.5. The molecule has 140 valence electrons. The summed E-state index contributed by atoms with van der Waals surface area (Å²) in [5.74, 6) is 0.276. The van der Waals surface area contributed by atoms with Gasteiger partial charge in [0.25, 0.3) is 0 Å². The molecule has 0 radical (unpaired) electrons. The van der Waals surface area contributed by atoms with Gasteiger partial charge in [0.1, 0.15) is 0 Å². The number of carbonyl (C=O) groups is 1. The van der Waals surface area contributed by atoms with Crippen LogP contribution in [0.3, 0.4) is 0 Å². The number of sulfonamides is 1. The number of aromatic nitrogens is 1. The van der Waals surface area contributed by atoms with Crippen molar-refractivity contribution in [1.29, 1.82) is 0 Å². The summed E-state index contributed by atoms with van der Waals surface area (Å²) in [4.78, 5) is 18.7. The Bertz CT molecular complexity index is 1050.